The van der Waals surface area contributed by atoms with Crippen LogP contribution < -0.4 is 9.82 Å². The maximum atomic E-state index is 10.6. The Kier molecular flexibility index (Phi) is 8.66. The third kappa shape index (κ3) is 6.33. The average Bonchev–Trinajstić information content (AvgIpc) is 2.93. The topological polar surface area (TPSA) is 66.4 Å². The molecule has 0 aliphatic heterocycles. The Morgan fingerprint density at radius 1 is 1.18 bits per heavy atom. The van der Waals surface area contributed by atoms with Gasteiger partial charge in [0.25, 0.3) is 0 Å². The molecular formula is C14H27NO3S3Si. The second-order valence-corrected chi connectivity index (χ2v) is 15.6. The normalized spacial score (nSPS) is 12.7. The molecule has 22 heavy (non-hydrogen) atoms. The SMILES string of the molecule is CC[Si](CC)(CC)c1ccc(CCNCCSS(=O)(=O)O)s1. The summed E-state index contributed by atoms with van der Waals surface area (Å²) in [7, 11) is -4.59. The smallest absolute Gasteiger partial charge is 0.316 e. The van der Waals surface area contributed by atoms with Crippen LogP contribution >= 0.6 is 22.1 Å². The Labute approximate surface area is 143 Å². The minimum absolute atomic E-state index is 0.367. The Morgan fingerprint density at radius 3 is 2.36 bits per heavy atom. The molecule has 0 spiro atoms. The summed E-state index contributed by atoms with van der Waals surface area (Å²) in [4.78, 5) is 1.40. The lowest BCUT2D eigenvalue weighted by molar-refractivity contribution is 0.503. The maximum absolute atomic E-state index is 10.6. The number of nitrogens with one attached hydrogen (secondary N) is 1. The van der Waals surface area contributed by atoms with Crippen LogP contribution in [0.3, 0.4) is 0 Å². The van der Waals surface area contributed by atoms with E-state index in [0.717, 1.165) is 13.0 Å². The minimum Gasteiger partial charge on any atom is -0.316 e. The lowest BCUT2D eigenvalue weighted by atomic mass is 10.3. The van der Waals surface area contributed by atoms with Gasteiger partial charge in [0.15, 0.2) is 0 Å². The van der Waals surface area contributed by atoms with Crippen LogP contribution in [0.15, 0.2) is 12.1 Å². The van der Waals surface area contributed by atoms with Crippen molar-refractivity contribution in [1.29, 1.82) is 0 Å². The van der Waals surface area contributed by atoms with Crippen molar-refractivity contribution in [3.05, 3.63) is 17.0 Å². The van der Waals surface area contributed by atoms with Crippen LogP contribution in [0.5, 0.6) is 0 Å². The van der Waals surface area contributed by atoms with Gasteiger partial charge in [-0.25, -0.2) is 0 Å². The van der Waals surface area contributed by atoms with E-state index in [4.69, 9.17) is 4.55 Å². The second kappa shape index (κ2) is 9.44. The summed E-state index contributed by atoms with van der Waals surface area (Å²) in [6.07, 6.45) is 0.975. The lowest BCUT2D eigenvalue weighted by Crippen LogP contribution is -2.43. The Hall–Kier alpha value is 0.137. The summed E-state index contributed by atoms with van der Waals surface area (Å²) in [6.45, 7) is 8.40. The van der Waals surface area contributed by atoms with E-state index in [2.05, 4.69) is 38.2 Å². The van der Waals surface area contributed by atoms with Gasteiger partial charge >= 0.3 is 9.15 Å². The summed E-state index contributed by atoms with van der Waals surface area (Å²) in [5, 5.41) is 3.22. The molecule has 4 nitrogen and oxygen atoms in total. The molecule has 0 atom stereocenters. The van der Waals surface area contributed by atoms with E-state index in [1.165, 1.54) is 23.0 Å². The van der Waals surface area contributed by atoms with Crippen LogP contribution in [-0.4, -0.2) is 39.9 Å². The van der Waals surface area contributed by atoms with Crippen molar-refractivity contribution >= 4 is 43.9 Å². The molecule has 0 aliphatic rings. The third-order valence-electron chi connectivity index (χ3n) is 4.27. The lowest BCUT2D eigenvalue weighted by Gasteiger charge is -2.26. The largest absolute Gasteiger partial charge is 0.319 e. The van der Waals surface area contributed by atoms with E-state index in [-0.39, 0.29) is 0 Å². The summed E-state index contributed by atoms with van der Waals surface area (Å²) in [5.41, 5.74) is 0. The van der Waals surface area contributed by atoms with Crippen molar-refractivity contribution in [2.24, 2.45) is 0 Å². The minimum atomic E-state index is -3.90. The van der Waals surface area contributed by atoms with E-state index in [0.29, 0.717) is 23.1 Å². The molecule has 1 heterocycles. The fraction of sp³-hybridized carbons (Fsp3) is 0.714. The van der Waals surface area contributed by atoms with Crippen molar-refractivity contribution in [3.63, 3.8) is 0 Å². The Balaban J connectivity index is 2.40. The van der Waals surface area contributed by atoms with Crippen LogP contribution in [0.25, 0.3) is 0 Å². The van der Waals surface area contributed by atoms with Gasteiger partial charge in [0.2, 0.25) is 0 Å². The zero-order valence-electron chi connectivity index (χ0n) is 13.6. The van der Waals surface area contributed by atoms with Gasteiger partial charge in [-0.1, -0.05) is 45.0 Å². The van der Waals surface area contributed by atoms with Crippen molar-refractivity contribution in [2.75, 3.05) is 18.8 Å². The van der Waals surface area contributed by atoms with Crippen LogP contribution in [0.4, 0.5) is 0 Å². The van der Waals surface area contributed by atoms with Crippen LogP contribution in [0.1, 0.15) is 25.6 Å². The highest BCUT2D eigenvalue weighted by molar-refractivity contribution is 8.69. The second-order valence-electron chi connectivity index (χ2n) is 5.36. The molecule has 8 heteroatoms. The van der Waals surface area contributed by atoms with Crippen LogP contribution in [-0.2, 0) is 15.6 Å². The van der Waals surface area contributed by atoms with Gasteiger partial charge in [0.1, 0.15) is 0 Å². The highest BCUT2D eigenvalue weighted by Gasteiger charge is 2.30. The first-order valence-electron chi connectivity index (χ1n) is 7.78. The molecule has 0 unspecified atom stereocenters. The predicted octanol–water partition coefficient (Wildman–Crippen LogP) is 3.13. The van der Waals surface area contributed by atoms with E-state index in [9.17, 15) is 8.42 Å². The van der Waals surface area contributed by atoms with Gasteiger partial charge < -0.3 is 5.32 Å². The molecule has 1 rings (SSSR count). The standard InChI is InChI=1S/C14H27NO3S3Si/c1-4-22(5-2,6-3)14-8-7-13(20-14)9-10-15-11-12-19-21(16,17)18/h7-8,15H,4-6,9-12H2,1-3H3,(H,16,17,18). The van der Waals surface area contributed by atoms with Crippen molar-refractivity contribution in [2.45, 2.75) is 45.3 Å². The molecule has 0 aromatic carbocycles. The van der Waals surface area contributed by atoms with Gasteiger partial charge in [0.05, 0.1) is 8.07 Å². The van der Waals surface area contributed by atoms with Crippen LogP contribution in [0, 0.1) is 0 Å². The monoisotopic (exact) mass is 381 g/mol. The summed E-state index contributed by atoms with van der Waals surface area (Å²) in [5.74, 6) is 0.367. The van der Waals surface area contributed by atoms with Gasteiger partial charge in [-0.05, 0) is 34.3 Å². The number of hydrogen-bond donors (Lipinski definition) is 2. The van der Waals surface area contributed by atoms with Crippen molar-refractivity contribution < 1.29 is 13.0 Å². The first-order valence-corrected chi connectivity index (χ1v) is 14.2. The van der Waals surface area contributed by atoms with Gasteiger partial charge in [-0.15, -0.1) is 0 Å². The maximum Gasteiger partial charge on any atom is 0.319 e. The third-order valence-corrected chi connectivity index (χ3v) is 14.2. The molecule has 0 radical (unpaired) electrons. The van der Waals surface area contributed by atoms with E-state index in [1.807, 2.05) is 11.3 Å². The van der Waals surface area contributed by atoms with E-state index in [1.54, 1.807) is 4.50 Å². The average molecular weight is 382 g/mol. The first kappa shape index (κ1) is 20.2. The van der Waals surface area contributed by atoms with Gasteiger partial charge in [-0.3, -0.25) is 4.55 Å². The van der Waals surface area contributed by atoms with Crippen LogP contribution in [0.2, 0.25) is 18.1 Å². The molecule has 0 saturated carbocycles. The molecule has 0 fully saturated rings. The molecular weight excluding hydrogens is 354 g/mol. The summed E-state index contributed by atoms with van der Waals surface area (Å²) in [6, 6.07) is 8.51. The van der Waals surface area contributed by atoms with E-state index < -0.39 is 17.2 Å². The summed E-state index contributed by atoms with van der Waals surface area (Å²) < 4.78 is 31.4. The Bertz CT molecular complexity index is 533. The van der Waals surface area contributed by atoms with Gasteiger partial charge in [-0.2, -0.15) is 19.8 Å². The molecule has 1 aromatic rings. The van der Waals surface area contributed by atoms with Crippen molar-refractivity contribution in [3.8, 4) is 0 Å². The molecule has 2 N–H and O–H groups in total. The fourth-order valence-corrected chi connectivity index (χ4v) is 10.2. The molecule has 0 saturated heterocycles. The molecule has 0 amide bonds. The number of hydrogen-bond acceptors (Lipinski definition) is 5. The quantitative estimate of drug-likeness (QED) is 0.267. The zero-order chi connectivity index (χ0) is 16.6. The molecule has 0 bridgehead atoms. The number of thiophene rings is 1. The zero-order valence-corrected chi connectivity index (χ0v) is 17.0. The van der Waals surface area contributed by atoms with E-state index >= 15 is 0 Å². The summed E-state index contributed by atoms with van der Waals surface area (Å²) >= 11 is 1.96. The predicted molar refractivity (Wildman–Crippen MR) is 102 cm³/mol. The highest BCUT2D eigenvalue weighted by Crippen LogP contribution is 2.24. The molecule has 128 valence electrons. The Morgan fingerprint density at radius 2 is 1.82 bits per heavy atom. The fourth-order valence-electron chi connectivity index (χ4n) is 2.63. The first-order chi connectivity index (χ1) is 10.4. The van der Waals surface area contributed by atoms with Crippen molar-refractivity contribution in [1.82, 2.24) is 5.32 Å². The number of rotatable bonds is 11. The highest BCUT2D eigenvalue weighted by atomic mass is 33.1. The van der Waals surface area contributed by atoms with Gasteiger partial charge in [0, 0.05) is 17.2 Å². The molecule has 0 aliphatic carbocycles. The molecule has 1 aromatic heterocycles.